The Bertz CT molecular complexity index is 223. The molecule has 0 aromatic carbocycles. The van der Waals surface area contributed by atoms with Gasteiger partial charge in [-0.2, -0.15) is 0 Å². The second kappa shape index (κ2) is 2.71. The molecule has 13 heavy (non-hydrogen) atoms. The minimum atomic E-state index is 0.320. The fourth-order valence-corrected chi connectivity index (χ4v) is 2.88. The van der Waals surface area contributed by atoms with Gasteiger partial charge in [0, 0.05) is 33.1 Å². The number of carbonyl (C=O) groups excluding carboxylic acids is 1. The van der Waals surface area contributed by atoms with E-state index in [1.54, 1.807) is 4.90 Å². The Morgan fingerprint density at radius 2 is 1.92 bits per heavy atom. The van der Waals surface area contributed by atoms with Crippen LogP contribution < -0.4 is 0 Å². The molecule has 0 N–H and O–H groups in total. The van der Waals surface area contributed by atoms with E-state index in [0.717, 1.165) is 12.8 Å². The van der Waals surface area contributed by atoms with Gasteiger partial charge in [0.1, 0.15) is 0 Å². The SMILES string of the molecule is CN1CC2(CC(C(=O)N(C)C)C2)C1. The van der Waals surface area contributed by atoms with Crippen LogP contribution in [0.25, 0.3) is 0 Å². The topological polar surface area (TPSA) is 23.6 Å². The van der Waals surface area contributed by atoms with E-state index < -0.39 is 0 Å². The van der Waals surface area contributed by atoms with E-state index in [1.165, 1.54) is 13.1 Å². The molecule has 74 valence electrons. The molecule has 1 spiro atoms. The normalized spacial score (nSPS) is 26.7. The van der Waals surface area contributed by atoms with Gasteiger partial charge in [-0.05, 0) is 25.3 Å². The maximum atomic E-state index is 11.5. The summed E-state index contributed by atoms with van der Waals surface area (Å²) in [6.07, 6.45) is 2.24. The van der Waals surface area contributed by atoms with Crippen molar-refractivity contribution in [2.24, 2.45) is 11.3 Å². The van der Waals surface area contributed by atoms with E-state index in [1.807, 2.05) is 14.1 Å². The lowest BCUT2D eigenvalue weighted by Crippen LogP contribution is -2.62. The average molecular weight is 182 g/mol. The highest BCUT2D eigenvalue weighted by molar-refractivity contribution is 5.79. The molecule has 0 unspecified atom stereocenters. The molecule has 2 fully saturated rings. The number of likely N-dealkylation sites (tertiary alicyclic amines) is 1. The smallest absolute Gasteiger partial charge is 0.225 e. The van der Waals surface area contributed by atoms with Crippen LogP contribution in [-0.2, 0) is 4.79 Å². The second-order valence-corrected chi connectivity index (χ2v) is 5.01. The fraction of sp³-hybridized carbons (Fsp3) is 0.900. The molecule has 1 amide bonds. The van der Waals surface area contributed by atoms with Crippen molar-refractivity contribution in [2.45, 2.75) is 12.8 Å². The summed E-state index contributed by atoms with van der Waals surface area (Å²) in [5.41, 5.74) is 0.533. The third-order valence-corrected chi connectivity index (χ3v) is 3.36. The highest BCUT2D eigenvalue weighted by atomic mass is 16.2. The zero-order valence-electron chi connectivity index (χ0n) is 8.71. The Balaban J connectivity index is 1.82. The van der Waals surface area contributed by atoms with E-state index in [-0.39, 0.29) is 0 Å². The van der Waals surface area contributed by atoms with Crippen LogP contribution in [0, 0.1) is 11.3 Å². The lowest BCUT2D eigenvalue weighted by molar-refractivity contribution is -0.150. The number of hydrogen-bond acceptors (Lipinski definition) is 2. The number of carbonyl (C=O) groups is 1. The molecule has 0 aromatic rings. The van der Waals surface area contributed by atoms with Crippen molar-refractivity contribution in [2.75, 3.05) is 34.2 Å². The van der Waals surface area contributed by atoms with Crippen LogP contribution in [0.2, 0.25) is 0 Å². The van der Waals surface area contributed by atoms with Gasteiger partial charge in [0.2, 0.25) is 5.91 Å². The predicted octanol–water partition coefficient (Wildman–Crippen LogP) is 0.416. The molecular formula is C10H18N2O. The largest absolute Gasteiger partial charge is 0.349 e. The van der Waals surface area contributed by atoms with Gasteiger partial charge in [-0.1, -0.05) is 0 Å². The van der Waals surface area contributed by atoms with Gasteiger partial charge < -0.3 is 9.80 Å². The summed E-state index contributed by atoms with van der Waals surface area (Å²) < 4.78 is 0. The van der Waals surface area contributed by atoms with E-state index in [2.05, 4.69) is 11.9 Å². The molecule has 1 aliphatic carbocycles. The molecule has 1 aliphatic heterocycles. The molecule has 2 aliphatic rings. The summed E-state index contributed by atoms with van der Waals surface area (Å²) in [4.78, 5) is 15.6. The first-order valence-electron chi connectivity index (χ1n) is 4.92. The third-order valence-electron chi connectivity index (χ3n) is 3.36. The predicted molar refractivity (Wildman–Crippen MR) is 51.3 cm³/mol. The monoisotopic (exact) mass is 182 g/mol. The highest BCUT2D eigenvalue weighted by Crippen LogP contribution is 2.51. The maximum Gasteiger partial charge on any atom is 0.225 e. The molecule has 2 rings (SSSR count). The van der Waals surface area contributed by atoms with Gasteiger partial charge in [0.25, 0.3) is 0 Å². The minimum Gasteiger partial charge on any atom is -0.349 e. The lowest BCUT2D eigenvalue weighted by Gasteiger charge is -2.58. The fourth-order valence-electron chi connectivity index (χ4n) is 2.88. The van der Waals surface area contributed by atoms with E-state index in [0.29, 0.717) is 17.2 Å². The zero-order valence-corrected chi connectivity index (χ0v) is 8.71. The quantitative estimate of drug-likeness (QED) is 0.586. The van der Waals surface area contributed by atoms with E-state index >= 15 is 0 Å². The summed E-state index contributed by atoms with van der Waals surface area (Å²) in [5, 5.41) is 0. The summed E-state index contributed by atoms with van der Waals surface area (Å²) in [7, 11) is 5.84. The van der Waals surface area contributed by atoms with Crippen molar-refractivity contribution in [3.05, 3.63) is 0 Å². The second-order valence-electron chi connectivity index (χ2n) is 5.01. The summed E-state index contributed by atoms with van der Waals surface area (Å²) in [6, 6.07) is 0. The molecule has 0 aromatic heterocycles. The van der Waals surface area contributed by atoms with Crippen molar-refractivity contribution >= 4 is 5.91 Å². The van der Waals surface area contributed by atoms with Crippen molar-refractivity contribution in [3.63, 3.8) is 0 Å². The molecule has 3 heteroatoms. The lowest BCUT2D eigenvalue weighted by atomic mass is 9.57. The molecule has 3 nitrogen and oxygen atoms in total. The standard InChI is InChI=1S/C10H18N2O/c1-11(2)9(13)8-4-10(5-8)6-12(3)7-10/h8H,4-7H2,1-3H3. The number of hydrogen-bond donors (Lipinski definition) is 0. The van der Waals surface area contributed by atoms with Crippen LogP contribution in [0.3, 0.4) is 0 Å². The third kappa shape index (κ3) is 1.35. The van der Waals surface area contributed by atoms with Gasteiger partial charge in [0.15, 0.2) is 0 Å². The first-order valence-corrected chi connectivity index (χ1v) is 4.92. The molecule has 1 heterocycles. The van der Waals surface area contributed by atoms with Gasteiger partial charge >= 0.3 is 0 Å². The van der Waals surface area contributed by atoms with Gasteiger partial charge in [-0.3, -0.25) is 4.79 Å². The summed E-state index contributed by atoms with van der Waals surface area (Å²) >= 11 is 0. The van der Waals surface area contributed by atoms with Gasteiger partial charge in [0.05, 0.1) is 0 Å². The van der Waals surface area contributed by atoms with Crippen LogP contribution in [-0.4, -0.2) is 49.9 Å². The number of nitrogens with zero attached hydrogens (tertiary/aromatic N) is 2. The number of rotatable bonds is 1. The van der Waals surface area contributed by atoms with E-state index in [9.17, 15) is 4.79 Å². The van der Waals surface area contributed by atoms with E-state index in [4.69, 9.17) is 0 Å². The number of amides is 1. The van der Waals surface area contributed by atoms with Crippen LogP contribution in [0.1, 0.15) is 12.8 Å². The summed E-state index contributed by atoms with van der Waals surface area (Å²) in [5.74, 6) is 0.642. The van der Waals surface area contributed by atoms with Crippen molar-refractivity contribution in [1.82, 2.24) is 9.80 Å². The van der Waals surface area contributed by atoms with Crippen LogP contribution in [0.15, 0.2) is 0 Å². The maximum absolute atomic E-state index is 11.5. The molecule has 0 bridgehead atoms. The van der Waals surface area contributed by atoms with Crippen molar-refractivity contribution < 1.29 is 4.79 Å². The minimum absolute atomic E-state index is 0.320. The zero-order chi connectivity index (χ0) is 9.64. The summed E-state index contributed by atoms with van der Waals surface area (Å²) in [6.45, 7) is 2.40. The van der Waals surface area contributed by atoms with Gasteiger partial charge in [-0.15, -0.1) is 0 Å². The molecule has 0 atom stereocenters. The average Bonchev–Trinajstić information content (AvgIpc) is 1.92. The highest BCUT2D eigenvalue weighted by Gasteiger charge is 2.53. The van der Waals surface area contributed by atoms with Crippen molar-refractivity contribution in [1.29, 1.82) is 0 Å². The Hall–Kier alpha value is -0.570. The van der Waals surface area contributed by atoms with Crippen molar-refractivity contribution in [3.8, 4) is 0 Å². The van der Waals surface area contributed by atoms with Crippen LogP contribution >= 0.6 is 0 Å². The Morgan fingerprint density at radius 3 is 2.31 bits per heavy atom. The Morgan fingerprint density at radius 1 is 1.38 bits per heavy atom. The molecule has 0 radical (unpaired) electrons. The van der Waals surface area contributed by atoms with Crippen LogP contribution in [0.4, 0.5) is 0 Å². The molecular weight excluding hydrogens is 164 g/mol. The van der Waals surface area contributed by atoms with Crippen LogP contribution in [0.5, 0.6) is 0 Å². The Labute approximate surface area is 79.7 Å². The first-order chi connectivity index (χ1) is 6.02. The first kappa shape index (κ1) is 9.00. The molecule has 1 saturated carbocycles. The van der Waals surface area contributed by atoms with Gasteiger partial charge in [-0.25, -0.2) is 0 Å². The molecule has 1 saturated heterocycles. The Kier molecular flexibility index (Phi) is 1.88.